The largest absolute Gasteiger partial charge is 0.479 e. The lowest BCUT2D eigenvalue weighted by Crippen LogP contribution is -2.36. The number of rotatable bonds is 5. The smallest absolute Gasteiger partial charge is 0.339 e. The zero-order chi connectivity index (χ0) is 15.4. The van der Waals surface area contributed by atoms with Crippen LogP contribution in [0.15, 0.2) is 36.4 Å². The van der Waals surface area contributed by atoms with Gasteiger partial charge in [0.25, 0.3) is 5.91 Å². The van der Waals surface area contributed by atoms with Crippen LogP contribution in [0.5, 0.6) is 5.75 Å². The lowest BCUT2D eigenvalue weighted by atomic mass is 10.1. The third-order valence-corrected chi connectivity index (χ3v) is 3.12. The predicted octanol–water partition coefficient (Wildman–Crippen LogP) is 2.44. The Morgan fingerprint density at radius 1 is 1.24 bits per heavy atom. The van der Waals surface area contributed by atoms with E-state index < -0.39 is 12.1 Å². The Morgan fingerprint density at radius 2 is 1.95 bits per heavy atom. The minimum absolute atomic E-state index is 0.0462. The molecule has 0 bridgehead atoms. The number of carbonyl (C=O) groups excluding carboxylic acids is 1. The second-order valence-corrected chi connectivity index (χ2v) is 4.62. The number of nitrogens with one attached hydrogen (secondary N) is 1. The number of ether oxygens (including phenoxy) is 1. The lowest BCUT2D eigenvalue weighted by Gasteiger charge is -2.17. The van der Waals surface area contributed by atoms with Crippen molar-refractivity contribution in [2.45, 2.75) is 20.0 Å². The zero-order valence-electron chi connectivity index (χ0n) is 11.9. The second-order valence-electron chi connectivity index (χ2n) is 4.62. The maximum Gasteiger partial charge on any atom is 0.339 e. The van der Waals surface area contributed by atoms with Crippen LogP contribution in [-0.2, 0) is 4.79 Å². The van der Waals surface area contributed by atoms with Gasteiger partial charge >= 0.3 is 5.97 Å². The second kappa shape index (κ2) is 6.26. The van der Waals surface area contributed by atoms with Gasteiger partial charge < -0.3 is 15.2 Å². The van der Waals surface area contributed by atoms with E-state index >= 15 is 0 Å². The van der Waals surface area contributed by atoms with Gasteiger partial charge in [-0.2, -0.15) is 0 Å². The molecule has 5 nitrogen and oxygen atoms in total. The number of amides is 1. The van der Waals surface area contributed by atoms with E-state index in [9.17, 15) is 14.7 Å². The van der Waals surface area contributed by atoms with Crippen LogP contribution in [0.1, 0.15) is 24.2 Å². The molecule has 21 heavy (non-hydrogen) atoms. The molecule has 110 valence electrons. The molecule has 2 aromatic carbocycles. The average Bonchev–Trinajstić information content (AvgIpc) is 2.47. The first-order valence-electron chi connectivity index (χ1n) is 6.74. The number of benzene rings is 2. The van der Waals surface area contributed by atoms with Crippen LogP contribution in [-0.4, -0.2) is 29.6 Å². The van der Waals surface area contributed by atoms with E-state index in [2.05, 4.69) is 5.32 Å². The number of carbonyl (C=O) groups is 2. The van der Waals surface area contributed by atoms with Crippen LogP contribution in [0, 0.1) is 0 Å². The summed E-state index contributed by atoms with van der Waals surface area (Å²) >= 11 is 0. The van der Waals surface area contributed by atoms with Gasteiger partial charge in [0.15, 0.2) is 6.10 Å². The highest BCUT2D eigenvalue weighted by Crippen LogP contribution is 2.30. The van der Waals surface area contributed by atoms with Crippen molar-refractivity contribution < 1.29 is 19.4 Å². The first-order valence-corrected chi connectivity index (χ1v) is 6.74. The molecule has 2 rings (SSSR count). The fraction of sp³-hybridized carbons (Fsp3) is 0.250. The van der Waals surface area contributed by atoms with Gasteiger partial charge in [0.2, 0.25) is 0 Å². The molecule has 5 heteroatoms. The van der Waals surface area contributed by atoms with E-state index in [0.29, 0.717) is 11.9 Å². The maximum absolute atomic E-state index is 11.8. The molecule has 0 heterocycles. The summed E-state index contributed by atoms with van der Waals surface area (Å²) in [6.45, 7) is 3.90. The van der Waals surface area contributed by atoms with Crippen molar-refractivity contribution in [2.24, 2.45) is 0 Å². The van der Waals surface area contributed by atoms with Gasteiger partial charge in [0, 0.05) is 11.9 Å². The van der Waals surface area contributed by atoms with Crippen molar-refractivity contribution in [3.05, 3.63) is 42.0 Å². The zero-order valence-corrected chi connectivity index (χ0v) is 11.9. The van der Waals surface area contributed by atoms with E-state index in [4.69, 9.17) is 4.74 Å². The molecular formula is C16H17NO4. The Kier molecular flexibility index (Phi) is 4.42. The van der Waals surface area contributed by atoms with Gasteiger partial charge in [-0.05, 0) is 25.3 Å². The van der Waals surface area contributed by atoms with Gasteiger partial charge in [-0.25, -0.2) is 4.79 Å². The summed E-state index contributed by atoms with van der Waals surface area (Å²) in [5.74, 6) is -1.14. The van der Waals surface area contributed by atoms with Crippen LogP contribution in [0.3, 0.4) is 0 Å². The number of carboxylic acids is 1. The van der Waals surface area contributed by atoms with Crippen molar-refractivity contribution >= 4 is 22.6 Å². The molecule has 0 saturated heterocycles. The summed E-state index contributed by atoms with van der Waals surface area (Å²) in [6.07, 6.45) is -0.770. The number of hydrogen-bond acceptors (Lipinski definition) is 3. The van der Waals surface area contributed by atoms with E-state index in [0.717, 1.165) is 5.39 Å². The minimum Gasteiger partial charge on any atom is -0.479 e. The standard InChI is InChI=1S/C16H17NO4/c1-3-17-15(18)10(2)21-14-12-7-5-4-6-11(12)8-9-13(14)16(19)20/h4-10H,3H2,1-2H3,(H,17,18)(H,19,20). The molecule has 0 aliphatic rings. The first kappa shape index (κ1) is 14.8. The van der Waals surface area contributed by atoms with E-state index in [1.54, 1.807) is 25.1 Å². The van der Waals surface area contributed by atoms with E-state index in [1.165, 1.54) is 6.07 Å². The highest BCUT2D eigenvalue weighted by atomic mass is 16.5. The number of carboxylic acid groups (broad SMARTS) is 1. The van der Waals surface area contributed by atoms with Crippen molar-refractivity contribution in [2.75, 3.05) is 6.54 Å². The third kappa shape index (κ3) is 3.13. The van der Waals surface area contributed by atoms with Gasteiger partial charge in [-0.15, -0.1) is 0 Å². The van der Waals surface area contributed by atoms with Crippen LogP contribution in [0.4, 0.5) is 0 Å². The Morgan fingerprint density at radius 3 is 2.62 bits per heavy atom. The molecule has 1 atom stereocenters. The summed E-state index contributed by atoms with van der Waals surface area (Å²) in [7, 11) is 0. The molecule has 0 fully saturated rings. The van der Waals surface area contributed by atoms with Crippen molar-refractivity contribution in [3.8, 4) is 5.75 Å². The van der Waals surface area contributed by atoms with Crippen LogP contribution >= 0.6 is 0 Å². The minimum atomic E-state index is -1.08. The molecule has 1 unspecified atom stereocenters. The quantitative estimate of drug-likeness (QED) is 0.885. The van der Waals surface area contributed by atoms with Crippen LogP contribution in [0.25, 0.3) is 10.8 Å². The Hall–Kier alpha value is -2.56. The summed E-state index contributed by atoms with van der Waals surface area (Å²) in [5, 5.41) is 13.5. The van der Waals surface area contributed by atoms with Crippen molar-refractivity contribution in [1.82, 2.24) is 5.32 Å². The molecule has 0 radical (unpaired) electrons. The van der Waals surface area contributed by atoms with Gasteiger partial charge in [0.1, 0.15) is 11.3 Å². The third-order valence-electron chi connectivity index (χ3n) is 3.12. The molecule has 0 aromatic heterocycles. The summed E-state index contributed by atoms with van der Waals surface area (Å²) in [6, 6.07) is 10.5. The predicted molar refractivity (Wildman–Crippen MR) is 79.7 cm³/mol. The van der Waals surface area contributed by atoms with E-state index in [-0.39, 0.29) is 17.2 Å². The number of hydrogen-bond donors (Lipinski definition) is 2. The molecule has 2 N–H and O–H groups in total. The van der Waals surface area contributed by atoms with Crippen molar-refractivity contribution in [3.63, 3.8) is 0 Å². The van der Waals surface area contributed by atoms with E-state index in [1.807, 2.05) is 19.1 Å². The summed E-state index contributed by atoms with van der Waals surface area (Å²) in [4.78, 5) is 23.1. The lowest BCUT2D eigenvalue weighted by molar-refractivity contribution is -0.127. The van der Waals surface area contributed by atoms with Crippen LogP contribution in [0.2, 0.25) is 0 Å². The van der Waals surface area contributed by atoms with Gasteiger partial charge in [-0.1, -0.05) is 30.3 Å². The number of aromatic carboxylic acids is 1. The number of fused-ring (bicyclic) bond motifs is 1. The molecular weight excluding hydrogens is 270 g/mol. The van der Waals surface area contributed by atoms with Crippen molar-refractivity contribution in [1.29, 1.82) is 0 Å². The summed E-state index contributed by atoms with van der Waals surface area (Å²) < 4.78 is 5.64. The summed E-state index contributed by atoms with van der Waals surface area (Å²) in [5.41, 5.74) is 0.0462. The molecule has 0 saturated carbocycles. The Balaban J connectivity index is 2.47. The molecule has 0 aliphatic heterocycles. The Labute approximate surface area is 122 Å². The fourth-order valence-corrected chi connectivity index (χ4v) is 2.09. The monoisotopic (exact) mass is 287 g/mol. The molecule has 1 amide bonds. The van der Waals surface area contributed by atoms with Gasteiger partial charge in [0.05, 0.1) is 0 Å². The highest BCUT2D eigenvalue weighted by Gasteiger charge is 2.20. The van der Waals surface area contributed by atoms with Crippen LogP contribution < -0.4 is 10.1 Å². The first-order chi connectivity index (χ1) is 10.0. The average molecular weight is 287 g/mol. The molecule has 0 aliphatic carbocycles. The molecule has 2 aromatic rings. The van der Waals surface area contributed by atoms with Gasteiger partial charge in [-0.3, -0.25) is 4.79 Å². The topological polar surface area (TPSA) is 75.6 Å². The Bertz CT molecular complexity index is 681. The fourth-order valence-electron chi connectivity index (χ4n) is 2.09. The number of likely N-dealkylation sites (N-methyl/N-ethyl adjacent to an activating group) is 1. The normalized spacial score (nSPS) is 11.9. The maximum atomic E-state index is 11.8. The molecule has 0 spiro atoms. The highest BCUT2D eigenvalue weighted by molar-refractivity contribution is 6.00. The SMILES string of the molecule is CCNC(=O)C(C)Oc1c(C(=O)O)ccc2ccccc12.